The fourth-order valence-corrected chi connectivity index (χ4v) is 4.26. The first-order valence-corrected chi connectivity index (χ1v) is 11.1. The van der Waals surface area contributed by atoms with Gasteiger partial charge in [0.15, 0.2) is 0 Å². The molecule has 0 aliphatic carbocycles. The molecule has 0 radical (unpaired) electrons. The van der Waals surface area contributed by atoms with Crippen molar-refractivity contribution in [2.75, 3.05) is 72.6 Å². The first-order chi connectivity index (χ1) is 14.0. The Labute approximate surface area is 200 Å². The molecule has 0 aromatic carbocycles. The molecule has 3 rings (SSSR count). The van der Waals surface area contributed by atoms with Gasteiger partial charge in [0.2, 0.25) is 5.91 Å². The summed E-state index contributed by atoms with van der Waals surface area (Å²) in [6, 6.07) is 0.752. The summed E-state index contributed by atoms with van der Waals surface area (Å²) in [7, 11) is 1.35. The van der Waals surface area contributed by atoms with Crippen LogP contribution in [0.5, 0.6) is 0 Å². The third kappa shape index (κ3) is 11.2. The molecule has 3 aliphatic heterocycles. The predicted octanol–water partition coefficient (Wildman–Crippen LogP) is 1.41. The molecule has 3 saturated heterocycles. The van der Waals surface area contributed by atoms with Crippen LogP contribution in [0.1, 0.15) is 39.5 Å². The van der Waals surface area contributed by atoms with Gasteiger partial charge in [0.1, 0.15) is 0 Å². The van der Waals surface area contributed by atoms with Crippen LogP contribution in [0.3, 0.4) is 0 Å². The number of piperazine rings is 1. The van der Waals surface area contributed by atoms with Crippen molar-refractivity contribution in [1.82, 2.24) is 20.0 Å². The van der Waals surface area contributed by atoms with Gasteiger partial charge in [-0.2, -0.15) is 0 Å². The summed E-state index contributed by atoms with van der Waals surface area (Å²) < 4.78 is 9.78. The summed E-state index contributed by atoms with van der Waals surface area (Å²) in [5.74, 6) is 0.0604. The van der Waals surface area contributed by atoms with E-state index in [-0.39, 0.29) is 30.8 Å². The van der Waals surface area contributed by atoms with Crippen LogP contribution in [0.15, 0.2) is 0 Å². The standard InChI is InChI=1S/C18H34N4O2.C3H6O2.2ClH/c1-2-24-17-5-9-22(10-6-17)18(23)15-20-11-13-21(14-12-20)16-3-7-19-8-4-16;1-3(4)5-2;;/h16-17,19H,2-15H2,1H3;1-2H3;2*1H. The van der Waals surface area contributed by atoms with Gasteiger partial charge >= 0.3 is 5.97 Å². The Morgan fingerprint density at radius 3 is 1.97 bits per heavy atom. The molecule has 0 saturated carbocycles. The van der Waals surface area contributed by atoms with Crippen molar-refractivity contribution in [3.63, 3.8) is 0 Å². The van der Waals surface area contributed by atoms with E-state index in [0.29, 0.717) is 18.6 Å². The lowest BCUT2D eigenvalue weighted by Crippen LogP contribution is -2.54. The van der Waals surface area contributed by atoms with Crippen molar-refractivity contribution in [3.05, 3.63) is 0 Å². The molecule has 3 aliphatic rings. The summed E-state index contributed by atoms with van der Waals surface area (Å²) >= 11 is 0. The summed E-state index contributed by atoms with van der Waals surface area (Å²) in [4.78, 5) is 29.1. The number of esters is 1. The molecule has 3 heterocycles. The molecule has 184 valence electrons. The molecule has 1 amide bonds. The first-order valence-electron chi connectivity index (χ1n) is 11.1. The van der Waals surface area contributed by atoms with Gasteiger partial charge in [0, 0.05) is 58.8 Å². The number of nitrogens with one attached hydrogen (secondary N) is 1. The number of carbonyl (C=O) groups is 2. The maximum atomic E-state index is 12.5. The van der Waals surface area contributed by atoms with Crippen LogP contribution in [0.4, 0.5) is 0 Å². The lowest BCUT2D eigenvalue weighted by molar-refractivity contribution is -0.138. The Balaban J connectivity index is 0.00000116. The van der Waals surface area contributed by atoms with E-state index in [1.165, 1.54) is 26.9 Å². The third-order valence-corrected chi connectivity index (χ3v) is 6.08. The van der Waals surface area contributed by atoms with Crippen LogP contribution in [0.2, 0.25) is 0 Å². The largest absolute Gasteiger partial charge is 0.469 e. The SMILES string of the molecule is CCOC1CCN(C(=O)CN2CCN(C3CCNCC3)CC2)CC1.COC(C)=O.Cl.Cl. The van der Waals surface area contributed by atoms with Crippen LogP contribution in [0, 0.1) is 0 Å². The minimum Gasteiger partial charge on any atom is -0.469 e. The Morgan fingerprint density at radius 1 is 0.935 bits per heavy atom. The fraction of sp³-hybridized carbons (Fsp3) is 0.905. The number of hydrogen-bond acceptors (Lipinski definition) is 7. The average Bonchev–Trinajstić information content (AvgIpc) is 2.76. The molecule has 0 aromatic rings. The van der Waals surface area contributed by atoms with Crippen LogP contribution >= 0.6 is 24.8 Å². The fourth-order valence-electron chi connectivity index (χ4n) is 4.26. The minimum absolute atomic E-state index is 0. The number of amides is 1. The lowest BCUT2D eigenvalue weighted by atomic mass is 10.0. The smallest absolute Gasteiger partial charge is 0.302 e. The quantitative estimate of drug-likeness (QED) is 0.591. The zero-order chi connectivity index (χ0) is 21.1. The van der Waals surface area contributed by atoms with Crippen molar-refractivity contribution in [1.29, 1.82) is 0 Å². The highest BCUT2D eigenvalue weighted by molar-refractivity contribution is 5.85. The highest BCUT2D eigenvalue weighted by Crippen LogP contribution is 2.16. The number of piperidine rings is 2. The van der Waals surface area contributed by atoms with Gasteiger partial charge in [0.25, 0.3) is 0 Å². The van der Waals surface area contributed by atoms with Crippen molar-refractivity contribution in [2.45, 2.75) is 51.7 Å². The Hall–Kier alpha value is -0.640. The first kappa shape index (κ1) is 30.4. The molecular formula is C21H42Cl2N4O4. The van der Waals surface area contributed by atoms with Gasteiger partial charge in [0.05, 0.1) is 19.8 Å². The predicted molar refractivity (Wildman–Crippen MR) is 127 cm³/mol. The molecule has 0 unspecified atom stereocenters. The molecule has 8 nitrogen and oxygen atoms in total. The normalized spacial score (nSPS) is 21.2. The van der Waals surface area contributed by atoms with Gasteiger partial charge in [-0.05, 0) is 45.7 Å². The molecule has 1 N–H and O–H groups in total. The van der Waals surface area contributed by atoms with Gasteiger partial charge in [-0.15, -0.1) is 24.8 Å². The van der Waals surface area contributed by atoms with E-state index in [1.54, 1.807) is 0 Å². The van der Waals surface area contributed by atoms with Crippen LogP contribution in [-0.4, -0.2) is 111 Å². The second-order valence-electron chi connectivity index (χ2n) is 8.02. The van der Waals surface area contributed by atoms with E-state index in [0.717, 1.165) is 77.8 Å². The number of rotatable bonds is 5. The molecule has 31 heavy (non-hydrogen) atoms. The molecule has 0 aromatic heterocycles. The third-order valence-electron chi connectivity index (χ3n) is 6.08. The summed E-state index contributed by atoms with van der Waals surface area (Å²) in [5, 5.41) is 3.44. The lowest BCUT2D eigenvalue weighted by Gasteiger charge is -2.41. The highest BCUT2D eigenvalue weighted by Gasteiger charge is 2.28. The number of halogens is 2. The van der Waals surface area contributed by atoms with Crippen molar-refractivity contribution in [3.8, 4) is 0 Å². The molecule has 0 bridgehead atoms. The number of likely N-dealkylation sites (tertiary alicyclic amines) is 1. The van der Waals surface area contributed by atoms with Gasteiger partial charge in [-0.1, -0.05) is 0 Å². The second-order valence-corrected chi connectivity index (χ2v) is 8.02. The van der Waals surface area contributed by atoms with E-state index in [1.807, 2.05) is 11.8 Å². The van der Waals surface area contributed by atoms with E-state index in [2.05, 4.69) is 19.9 Å². The second kappa shape index (κ2) is 16.9. The number of nitrogens with zero attached hydrogens (tertiary/aromatic N) is 3. The van der Waals surface area contributed by atoms with Gasteiger partial charge in [-0.25, -0.2) is 0 Å². The summed E-state index contributed by atoms with van der Waals surface area (Å²) in [5.41, 5.74) is 0. The van der Waals surface area contributed by atoms with E-state index in [9.17, 15) is 9.59 Å². The topological polar surface area (TPSA) is 74.3 Å². The number of methoxy groups -OCH3 is 1. The van der Waals surface area contributed by atoms with Crippen molar-refractivity contribution >= 4 is 36.7 Å². The monoisotopic (exact) mass is 484 g/mol. The molecule has 0 atom stereocenters. The van der Waals surface area contributed by atoms with E-state index >= 15 is 0 Å². The van der Waals surface area contributed by atoms with E-state index in [4.69, 9.17) is 4.74 Å². The van der Waals surface area contributed by atoms with E-state index < -0.39 is 0 Å². The summed E-state index contributed by atoms with van der Waals surface area (Å²) in [6.45, 7) is 13.1. The Morgan fingerprint density at radius 2 is 1.48 bits per heavy atom. The van der Waals surface area contributed by atoms with Gasteiger partial charge < -0.3 is 19.7 Å². The zero-order valence-corrected chi connectivity index (χ0v) is 21.0. The number of carbonyl (C=O) groups excluding carboxylic acids is 2. The van der Waals surface area contributed by atoms with Gasteiger partial charge in [-0.3, -0.25) is 19.4 Å². The average molecular weight is 485 g/mol. The number of hydrogen-bond donors (Lipinski definition) is 1. The maximum Gasteiger partial charge on any atom is 0.302 e. The Kier molecular flexibility index (Phi) is 16.6. The van der Waals surface area contributed by atoms with Crippen LogP contribution in [-0.2, 0) is 19.1 Å². The van der Waals surface area contributed by atoms with Crippen LogP contribution < -0.4 is 5.32 Å². The zero-order valence-electron chi connectivity index (χ0n) is 19.3. The van der Waals surface area contributed by atoms with Crippen LogP contribution in [0.25, 0.3) is 0 Å². The number of ether oxygens (including phenoxy) is 2. The molecule has 3 fully saturated rings. The summed E-state index contributed by atoms with van der Waals surface area (Å²) in [6.07, 6.45) is 4.88. The maximum absolute atomic E-state index is 12.5. The molecule has 0 spiro atoms. The Bertz CT molecular complexity index is 494. The minimum atomic E-state index is -0.245. The molecular weight excluding hydrogens is 443 g/mol. The van der Waals surface area contributed by atoms with Crippen molar-refractivity contribution in [2.24, 2.45) is 0 Å². The molecule has 10 heteroatoms. The highest BCUT2D eigenvalue weighted by atomic mass is 35.5. The van der Waals surface area contributed by atoms with Crippen molar-refractivity contribution < 1.29 is 19.1 Å².